The van der Waals surface area contributed by atoms with Crippen LogP contribution in [0.25, 0.3) is 11.1 Å². The van der Waals surface area contributed by atoms with E-state index in [0.29, 0.717) is 23.3 Å². The SMILES string of the molecule is CC(C)CNC(=O)[C@H](C)OC(=O)CSc1nc2ccccc2o1. The molecular weight excluding hydrogens is 316 g/mol. The second-order valence-corrected chi connectivity index (χ2v) is 6.43. The number of oxazole rings is 1. The number of rotatable bonds is 7. The van der Waals surface area contributed by atoms with E-state index in [2.05, 4.69) is 10.3 Å². The first-order valence-corrected chi connectivity index (χ1v) is 8.40. The number of carbonyl (C=O) groups is 2. The van der Waals surface area contributed by atoms with E-state index >= 15 is 0 Å². The monoisotopic (exact) mass is 336 g/mol. The third kappa shape index (κ3) is 5.28. The van der Waals surface area contributed by atoms with E-state index in [0.717, 1.165) is 17.3 Å². The van der Waals surface area contributed by atoms with Crippen LogP contribution in [-0.2, 0) is 14.3 Å². The highest BCUT2D eigenvalue weighted by molar-refractivity contribution is 7.99. The molecule has 0 radical (unpaired) electrons. The fourth-order valence-electron chi connectivity index (χ4n) is 1.77. The number of para-hydroxylation sites is 2. The van der Waals surface area contributed by atoms with Gasteiger partial charge in [0, 0.05) is 6.54 Å². The van der Waals surface area contributed by atoms with Gasteiger partial charge in [-0.05, 0) is 25.0 Å². The van der Waals surface area contributed by atoms with Crippen molar-refractivity contribution in [3.63, 3.8) is 0 Å². The number of esters is 1. The van der Waals surface area contributed by atoms with Crippen molar-refractivity contribution in [2.24, 2.45) is 5.92 Å². The number of hydrogen-bond acceptors (Lipinski definition) is 6. The number of amides is 1. The van der Waals surface area contributed by atoms with Gasteiger partial charge in [0.15, 0.2) is 11.7 Å². The maximum Gasteiger partial charge on any atom is 0.317 e. The van der Waals surface area contributed by atoms with Crippen molar-refractivity contribution >= 4 is 34.7 Å². The zero-order chi connectivity index (χ0) is 16.8. The van der Waals surface area contributed by atoms with Gasteiger partial charge in [-0.2, -0.15) is 0 Å². The first-order valence-electron chi connectivity index (χ1n) is 7.41. The highest BCUT2D eigenvalue weighted by atomic mass is 32.2. The summed E-state index contributed by atoms with van der Waals surface area (Å²) in [5.41, 5.74) is 1.41. The Labute approximate surface area is 139 Å². The summed E-state index contributed by atoms with van der Waals surface area (Å²) in [5.74, 6) is -0.394. The molecule has 2 aromatic rings. The number of fused-ring (bicyclic) bond motifs is 1. The zero-order valence-electron chi connectivity index (χ0n) is 13.4. The number of benzene rings is 1. The van der Waals surface area contributed by atoms with E-state index in [-0.39, 0.29) is 11.7 Å². The molecule has 1 aromatic carbocycles. The molecule has 1 N–H and O–H groups in total. The van der Waals surface area contributed by atoms with Crippen LogP contribution in [0.4, 0.5) is 0 Å². The molecule has 0 fully saturated rings. The van der Waals surface area contributed by atoms with Crippen LogP contribution in [0, 0.1) is 5.92 Å². The van der Waals surface area contributed by atoms with Crippen LogP contribution in [0.2, 0.25) is 0 Å². The maximum absolute atomic E-state index is 11.8. The summed E-state index contributed by atoms with van der Waals surface area (Å²) in [6.07, 6.45) is -0.814. The van der Waals surface area contributed by atoms with Crippen LogP contribution >= 0.6 is 11.8 Å². The Morgan fingerprint density at radius 1 is 1.30 bits per heavy atom. The molecular formula is C16H20N2O4S. The normalized spacial score (nSPS) is 12.3. The molecule has 0 saturated heterocycles. The van der Waals surface area contributed by atoms with Crippen molar-refractivity contribution in [1.82, 2.24) is 10.3 Å². The molecule has 0 saturated carbocycles. The largest absolute Gasteiger partial charge is 0.452 e. The van der Waals surface area contributed by atoms with Crippen LogP contribution in [-0.4, -0.2) is 35.3 Å². The minimum atomic E-state index is -0.814. The number of nitrogens with zero attached hydrogens (tertiary/aromatic N) is 1. The van der Waals surface area contributed by atoms with Gasteiger partial charge in [-0.1, -0.05) is 37.7 Å². The predicted octanol–water partition coefficient (Wildman–Crippen LogP) is 2.62. The summed E-state index contributed by atoms with van der Waals surface area (Å²) in [7, 11) is 0. The molecule has 0 unspecified atom stereocenters. The number of carbonyl (C=O) groups excluding carboxylic acids is 2. The molecule has 0 spiro atoms. The van der Waals surface area contributed by atoms with Crippen LogP contribution in [0.3, 0.4) is 0 Å². The van der Waals surface area contributed by atoms with Crippen LogP contribution < -0.4 is 5.32 Å². The average molecular weight is 336 g/mol. The zero-order valence-corrected chi connectivity index (χ0v) is 14.2. The summed E-state index contributed by atoms with van der Waals surface area (Å²) in [6.45, 7) is 6.10. The first kappa shape index (κ1) is 17.3. The number of ether oxygens (including phenoxy) is 1. The van der Waals surface area contributed by atoms with E-state index < -0.39 is 12.1 Å². The lowest BCUT2D eigenvalue weighted by Gasteiger charge is -2.14. The van der Waals surface area contributed by atoms with Gasteiger partial charge in [0.2, 0.25) is 0 Å². The van der Waals surface area contributed by atoms with Gasteiger partial charge in [-0.25, -0.2) is 4.98 Å². The minimum absolute atomic E-state index is 0.0363. The predicted molar refractivity (Wildman–Crippen MR) is 88.1 cm³/mol. The van der Waals surface area contributed by atoms with E-state index in [4.69, 9.17) is 9.15 Å². The topological polar surface area (TPSA) is 81.4 Å². The Hall–Kier alpha value is -2.02. The van der Waals surface area contributed by atoms with Gasteiger partial charge in [0.1, 0.15) is 11.3 Å². The molecule has 6 nitrogen and oxygen atoms in total. The number of hydrogen-bond donors (Lipinski definition) is 1. The summed E-state index contributed by atoms with van der Waals surface area (Å²) in [4.78, 5) is 27.8. The van der Waals surface area contributed by atoms with E-state index in [1.807, 2.05) is 38.1 Å². The lowest BCUT2D eigenvalue weighted by molar-refractivity contribution is -0.152. The Morgan fingerprint density at radius 2 is 2.04 bits per heavy atom. The quantitative estimate of drug-likeness (QED) is 0.618. The maximum atomic E-state index is 11.8. The standard InChI is InChI=1S/C16H20N2O4S/c1-10(2)8-17-15(20)11(3)21-14(19)9-23-16-18-12-6-4-5-7-13(12)22-16/h4-7,10-11H,8-9H2,1-3H3,(H,17,20)/t11-/m0/s1. The molecule has 7 heteroatoms. The van der Waals surface area contributed by atoms with Crippen LogP contribution in [0.5, 0.6) is 0 Å². The third-order valence-corrected chi connectivity index (χ3v) is 3.75. The Morgan fingerprint density at radius 3 is 2.74 bits per heavy atom. The molecule has 1 heterocycles. The van der Waals surface area contributed by atoms with Gasteiger partial charge in [-0.3, -0.25) is 9.59 Å². The Balaban J connectivity index is 1.79. The number of nitrogens with one attached hydrogen (secondary N) is 1. The van der Waals surface area contributed by atoms with Crippen molar-refractivity contribution in [2.45, 2.75) is 32.1 Å². The molecule has 1 aromatic heterocycles. The molecule has 1 atom stereocenters. The second-order valence-electron chi connectivity index (χ2n) is 5.51. The number of thioether (sulfide) groups is 1. The lowest BCUT2D eigenvalue weighted by atomic mass is 10.2. The molecule has 23 heavy (non-hydrogen) atoms. The first-order chi connectivity index (χ1) is 11.0. The van der Waals surface area contributed by atoms with Crippen molar-refractivity contribution < 1.29 is 18.7 Å². The molecule has 2 rings (SSSR count). The van der Waals surface area contributed by atoms with Gasteiger partial charge < -0.3 is 14.5 Å². The van der Waals surface area contributed by atoms with Crippen molar-refractivity contribution in [2.75, 3.05) is 12.3 Å². The molecule has 0 bridgehead atoms. The second kappa shape index (κ2) is 8.01. The van der Waals surface area contributed by atoms with E-state index in [1.54, 1.807) is 6.92 Å². The van der Waals surface area contributed by atoms with Crippen LogP contribution in [0.1, 0.15) is 20.8 Å². The molecule has 0 aliphatic heterocycles. The van der Waals surface area contributed by atoms with Gasteiger partial charge >= 0.3 is 5.97 Å². The van der Waals surface area contributed by atoms with Crippen molar-refractivity contribution in [3.8, 4) is 0 Å². The van der Waals surface area contributed by atoms with Gasteiger partial charge in [0.05, 0.1) is 0 Å². The lowest BCUT2D eigenvalue weighted by Crippen LogP contribution is -2.37. The molecule has 124 valence electrons. The van der Waals surface area contributed by atoms with Gasteiger partial charge in [0.25, 0.3) is 11.1 Å². The third-order valence-electron chi connectivity index (χ3n) is 2.95. The minimum Gasteiger partial charge on any atom is -0.452 e. The summed E-state index contributed by atoms with van der Waals surface area (Å²) in [6, 6.07) is 7.37. The molecule has 0 aliphatic carbocycles. The smallest absolute Gasteiger partial charge is 0.317 e. The average Bonchev–Trinajstić information content (AvgIpc) is 2.93. The van der Waals surface area contributed by atoms with Gasteiger partial charge in [-0.15, -0.1) is 0 Å². The molecule has 0 aliphatic rings. The van der Waals surface area contributed by atoms with Crippen molar-refractivity contribution in [3.05, 3.63) is 24.3 Å². The highest BCUT2D eigenvalue weighted by Gasteiger charge is 2.18. The molecule has 1 amide bonds. The Bertz CT molecular complexity index is 651. The van der Waals surface area contributed by atoms with Crippen molar-refractivity contribution in [1.29, 1.82) is 0 Å². The fourth-order valence-corrected chi connectivity index (χ4v) is 2.39. The summed E-state index contributed by atoms with van der Waals surface area (Å²) in [5, 5.41) is 3.13. The van der Waals surface area contributed by atoms with Crippen LogP contribution in [0.15, 0.2) is 33.9 Å². The number of aromatic nitrogens is 1. The summed E-state index contributed by atoms with van der Waals surface area (Å²) < 4.78 is 10.6. The fraction of sp³-hybridized carbons (Fsp3) is 0.438. The van der Waals surface area contributed by atoms with E-state index in [9.17, 15) is 9.59 Å². The van der Waals surface area contributed by atoms with E-state index in [1.165, 1.54) is 0 Å². The summed E-state index contributed by atoms with van der Waals surface area (Å²) >= 11 is 1.14. The Kier molecular flexibility index (Phi) is 6.04. The highest BCUT2D eigenvalue weighted by Crippen LogP contribution is 2.23.